The molecular weight excluding hydrogens is 340 g/mol. The molecular formula is C14H21BrN2O2S. The van der Waals surface area contributed by atoms with Gasteiger partial charge in [0, 0.05) is 22.2 Å². The van der Waals surface area contributed by atoms with E-state index in [0.717, 1.165) is 10.2 Å². The zero-order valence-electron chi connectivity index (χ0n) is 11.6. The molecule has 2 fully saturated rings. The first kappa shape index (κ1) is 15.8. The summed E-state index contributed by atoms with van der Waals surface area (Å²) in [6.07, 6.45) is 4.92. The van der Waals surface area contributed by atoms with E-state index in [2.05, 4.69) is 21.2 Å². The Morgan fingerprint density at radius 1 is 1.30 bits per heavy atom. The molecule has 0 amide bonds. The van der Waals surface area contributed by atoms with Gasteiger partial charge >= 0.3 is 0 Å². The molecule has 112 valence electrons. The maximum atomic E-state index is 11.7. The highest BCUT2D eigenvalue weighted by Gasteiger charge is 2.22. The van der Waals surface area contributed by atoms with E-state index < -0.39 is 9.84 Å². The van der Waals surface area contributed by atoms with Gasteiger partial charge in [-0.3, -0.25) is 0 Å². The molecule has 0 aromatic heterocycles. The van der Waals surface area contributed by atoms with E-state index in [0.29, 0.717) is 17.0 Å². The molecule has 3 N–H and O–H groups in total. The van der Waals surface area contributed by atoms with Crippen molar-refractivity contribution in [2.75, 3.05) is 11.1 Å². The van der Waals surface area contributed by atoms with Crippen molar-refractivity contribution in [2.45, 2.75) is 49.6 Å². The zero-order chi connectivity index (χ0) is 14.8. The van der Waals surface area contributed by atoms with Crippen LogP contribution in [0.4, 0.5) is 5.69 Å². The summed E-state index contributed by atoms with van der Waals surface area (Å²) < 4.78 is 24.1. The fourth-order valence-electron chi connectivity index (χ4n) is 1.52. The van der Waals surface area contributed by atoms with Crippen LogP contribution in [0.5, 0.6) is 0 Å². The first-order chi connectivity index (χ1) is 9.42. The summed E-state index contributed by atoms with van der Waals surface area (Å²) in [5, 5.41) is 3.34. The Hall–Kier alpha value is -0.590. The van der Waals surface area contributed by atoms with Gasteiger partial charge in [-0.1, -0.05) is 6.92 Å². The molecule has 0 radical (unpaired) electrons. The van der Waals surface area contributed by atoms with Gasteiger partial charge in [0.2, 0.25) is 0 Å². The molecule has 1 aromatic carbocycles. The molecule has 1 aromatic rings. The number of sulfone groups is 1. The van der Waals surface area contributed by atoms with Crippen molar-refractivity contribution in [1.29, 1.82) is 0 Å². The molecule has 0 bridgehead atoms. The molecule has 0 saturated heterocycles. The Labute approximate surface area is 129 Å². The normalized spacial score (nSPS) is 18.1. The number of hydrogen-bond acceptors (Lipinski definition) is 4. The van der Waals surface area contributed by atoms with Crippen LogP contribution in [0.3, 0.4) is 0 Å². The van der Waals surface area contributed by atoms with E-state index >= 15 is 0 Å². The number of nitrogens with one attached hydrogen (secondary N) is 1. The van der Waals surface area contributed by atoms with Crippen LogP contribution in [0.15, 0.2) is 27.6 Å². The summed E-state index contributed by atoms with van der Waals surface area (Å²) in [6, 6.07) is 6.30. The third kappa shape index (κ3) is 4.75. The Bertz CT molecular complexity index is 567. The number of anilines is 1. The number of benzene rings is 1. The Morgan fingerprint density at radius 3 is 2.30 bits per heavy atom. The van der Waals surface area contributed by atoms with Crippen LogP contribution in [-0.4, -0.2) is 26.3 Å². The van der Waals surface area contributed by atoms with E-state index in [9.17, 15) is 8.42 Å². The van der Waals surface area contributed by atoms with Crippen LogP contribution in [0.25, 0.3) is 0 Å². The van der Waals surface area contributed by atoms with Gasteiger partial charge in [-0.25, -0.2) is 8.42 Å². The van der Waals surface area contributed by atoms with Crippen molar-refractivity contribution in [1.82, 2.24) is 0 Å². The lowest BCUT2D eigenvalue weighted by Gasteiger charge is -2.09. The van der Waals surface area contributed by atoms with E-state index in [1.807, 2.05) is 6.07 Å². The predicted molar refractivity (Wildman–Crippen MR) is 85.7 cm³/mol. The first-order valence-corrected chi connectivity index (χ1v) is 9.41. The van der Waals surface area contributed by atoms with Gasteiger partial charge in [0.05, 0.1) is 10.6 Å². The second-order valence-electron chi connectivity index (χ2n) is 5.30. The quantitative estimate of drug-likeness (QED) is 0.865. The molecule has 0 spiro atoms. The minimum atomic E-state index is -3.11. The van der Waals surface area contributed by atoms with Crippen molar-refractivity contribution >= 4 is 31.5 Å². The minimum absolute atomic E-state index is 0.134. The lowest BCUT2D eigenvalue weighted by molar-refractivity contribution is 0.597. The van der Waals surface area contributed by atoms with Crippen LogP contribution in [-0.2, 0) is 9.84 Å². The van der Waals surface area contributed by atoms with Crippen LogP contribution >= 0.6 is 15.9 Å². The Kier molecular flexibility index (Phi) is 5.09. The number of hydrogen-bond donors (Lipinski definition) is 2. The van der Waals surface area contributed by atoms with Crippen molar-refractivity contribution in [3.05, 3.63) is 22.7 Å². The van der Waals surface area contributed by atoms with Crippen LogP contribution < -0.4 is 11.1 Å². The number of halogens is 1. The third-order valence-electron chi connectivity index (χ3n) is 3.24. The van der Waals surface area contributed by atoms with Gasteiger partial charge in [0.1, 0.15) is 0 Å². The molecule has 0 heterocycles. The van der Waals surface area contributed by atoms with Gasteiger partial charge in [-0.05, 0) is 59.8 Å². The lowest BCUT2D eigenvalue weighted by atomic mass is 10.3. The zero-order valence-corrected chi connectivity index (χ0v) is 14.0. The fourth-order valence-corrected chi connectivity index (χ4v) is 3.07. The SMILES string of the molecule is CCS(=O)(=O)c1ccc(NC2CC2)c(Br)c1.NC1CC1. The van der Waals surface area contributed by atoms with Gasteiger partial charge in [0.15, 0.2) is 9.84 Å². The van der Waals surface area contributed by atoms with Gasteiger partial charge in [-0.2, -0.15) is 0 Å². The fraction of sp³-hybridized carbons (Fsp3) is 0.571. The van der Waals surface area contributed by atoms with Crippen LogP contribution in [0.2, 0.25) is 0 Å². The molecule has 6 heteroatoms. The summed E-state index contributed by atoms with van der Waals surface area (Å²) in [6.45, 7) is 1.65. The largest absolute Gasteiger partial charge is 0.381 e. The summed E-state index contributed by atoms with van der Waals surface area (Å²) in [7, 11) is -3.11. The smallest absolute Gasteiger partial charge is 0.178 e. The average molecular weight is 361 g/mol. The maximum absolute atomic E-state index is 11.7. The van der Waals surface area contributed by atoms with E-state index in [-0.39, 0.29) is 5.75 Å². The van der Waals surface area contributed by atoms with Crippen LogP contribution in [0.1, 0.15) is 32.6 Å². The standard InChI is InChI=1S/C11H14BrNO2S.C3H7N/c1-2-16(14,15)9-5-6-11(10(12)7-9)13-8-3-4-8;4-3-1-2-3/h5-8,13H,2-4H2,1H3;3H,1-2,4H2. The van der Waals surface area contributed by atoms with Gasteiger partial charge in [0.25, 0.3) is 0 Å². The van der Waals surface area contributed by atoms with E-state index in [1.165, 1.54) is 25.7 Å². The molecule has 3 rings (SSSR count). The van der Waals surface area contributed by atoms with Crippen LogP contribution in [0, 0.1) is 0 Å². The predicted octanol–water partition coefficient (Wildman–Crippen LogP) is 2.92. The lowest BCUT2D eigenvalue weighted by Crippen LogP contribution is -2.05. The highest BCUT2D eigenvalue weighted by atomic mass is 79.9. The minimum Gasteiger partial charge on any atom is -0.381 e. The summed E-state index contributed by atoms with van der Waals surface area (Å²) in [4.78, 5) is 0.378. The molecule has 2 aliphatic rings. The van der Waals surface area contributed by atoms with Crippen molar-refractivity contribution in [2.24, 2.45) is 5.73 Å². The van der Waals surface area contributed by atoms with Crippen molar-refractivity contribution < 1.29 is 8.42 Å². The second kappa shape index (κ2) is 6.45. The molecule has 4 nitrogen and oxygen atoms in total. The second-order valence-corrected chi connectivity index (χ2v) is 8.43. The molecule has 2 aliphatic carbocycles. The molecule has 20 heavy (non-hydrogen) atoms. The molecule has 0 unspecified atom stereocenters. The number of nitrogens with two attached hydrogens (primary N) is 1. The van der Waals surface area contributed by atoms with Crippen molar-refractivity contribution in [3.8, 4) is 0 Å². The van der Waals surface area contributed by atoms with Crippen molar-refractivity contribution in [3.63, 3.8) is 0 Å². The average Bonchev–Trinajstić information content (AvgIpc) is 3.31. The Morgan fingerprint density at radius 2 is 1.90 bits per heavy atom. The topological polar surface area (TPSA) is 72.2 Å². The highest BCUT2D eigenvalue weighted by molar-refractivity contribution is 9.10. The maximum Gasteiger partial charge on any atom is 0.178 e. The monoisotopic (exact) mass is 360 g/mol. The molecule has 0 atom stereocenters. The highest BCUT2D eigenvalue weighted by Crippen LogP contribution is 2.31. The molecule has 0 aliphatic heterocycles. The van der Waals surface area contributed by atoms with Gasteiger partial charge < -0.3 is 11.1 Å². The summed E-state index contributed by atoms with van der Waals surface area (Å²) >= 11 is 3.40. The Balaban J connectivity index is 0.000000315. The van der Waals surface area contributed by atoms with Gasteiger partial charge in [-0.15, -0.1) is 0 Å². The summed E-state index contributed by atoms with van der Waals surface area (Å²) in [5.41, 5.74) is 6.19. The first-order valence-electron chi connectivity index (χ1n) is 6.97. The third-order valence-corrected chi connectivity index (χ3v) is 5.63. The molecule has 2 saturated carbocycles. The van der Waals surface area contributed by atoms with E-state index in [4.69, 9.17) is 5.73 Å². The van der Waals surface area contributed by atoms with E-state index in [1.54, 1.807) is 19.1 Å². The summed E-state index contributed by atoms with van der Waals surface area (Å²) in [5.74, 6) is 0.134. The number of rotatable bonds is 4.